The molecule has 2 aliphatic carbocycles. The van der Waals surface area contributed by atoms with Gasteiger partial charge in [-0.05, 0) is 81.1 Å². The van der Waals surface area contributed by atoms with E-state index in [0.717, 1.165) is 50.0 Å². The van der Waals surface area contributed by atoms with Gasteiger partial charge in [0.25, 0.3) is 6.08 Å². The second-order valence-electron chi connectivity index (χ2n) is 6.37. The second kappa shape index (κ2) is 7.37. The Bertz CT molecular complexity index is 283. The van der Waals surface area contributed by atoms with Gasteiger partial charge in [0.1, 0.15) is 0 Å². The summed E-state index contributed by atoms with van der Waals surface area (Å²) < 4.78 is 29.7. The maximum Gasteiger partial charge on any atom is 0.266 e. The van der Waals surface area contributed by atoms with E-state index in [9.17, 15) is 8.78 Å². The van der Waals surface area contributed by atoms with Crippen molar-refractivity contribution in [3.05, 3.63) is 12.2 Å². The Morgan fingerprint density at radius 2 is 1.47 bits per heavy atom. The van der Waals surface area contributed by atoms with Crippen molar-refractivity contribution in [3.63, 3.8) is 0 Å². The Morgan fingerprint density at radius 1 is 0.947 bits per heavy atom. The summed E-state index contributed by atoms with van der Waals surface area (Å²) in [6.07, 6.45) is 9.10. The third-order valence-corrected chi connectivity index (χ3v) is 5.14. The molecule has 110 valence electrons. The first kappa shape index (κ1) is 15.0. The van der Waals surface area contributed by atoms with Crippen molar-refractivity contribution < 1.29 is 13.5 Å². The molecule has 0 spiro atoms. The zero-order valence-corrected chi connectivity index (χ0v) is 11.9. The van der Waals surface area contributed by atoms with E-state index in [4.69, 9.17) is 4.74 Å². The van der Waals surface area contributed by atoms with E-state index in [0.29, 0.717) is 0 Å². The minimum absolute atomic E-state index is 0.131. The fourth-order valence-electron chi connectivity index (χ4n) is 4.02. The lowest BCUT2D eigenvalue weighted by molar-refractivity contribution is 0.0955. The fraction of sp³-hybridized carbons (Fsp3) is 0.875. The summed E-state index contributed by atoms with van der Waals surface area (Å²) in [6, 6.07) is 0. The first-order valence-corrected chi connectivity index (χ1v) is 7.70. The van der Waals surface area contributed by atoms with Gasteiger partial charge in [-0.1, -0.05) is 0 Å². The van der Waals surface area contributed by atoms with Crippen LogP contribution in [0.2, 0.25) is 0 Å². The number of rotatable bonds is 4. The number of hydrogen-bond acceptors (Lipinski definition) is 1. The molecule has 0 aromatic rings. The third-order valence-electron chi connectivity index (χ3n) is 5.14. The van der Waals surface area contributed by atoms with Crippen LogP contribution in [0.25, 0.3) is 0 Å². The van der Waals surface area contributed by atoms with Crippen LogP contribution in [0.5, 0.6) is 0 Å². The van der Waals surface area contributed by atoms with E-state index in [1.165, 1.54) is 31.8 Å². The third kappa shape index (κ3) is 4.55. The Hall–Kier alpha value is -0.440. The molecule has 2 fully saturated rings. The molecule has 0 N–H and O–H groups in total. The molecule has 1 nitrogen and oxygen atoms in total. The molecule has 0 bridgehead atoms. The Kier molecular flexibility index (Phi) is 5.80. The van der Waals surface area contributed by atoms with Gasteiger partial charge >= 0.3 is 0 Å². The highest BCUT2D eigenvalue weighted by atomic mass is 19.3. The fourth-order valence-corrected chi connectivity index (χ4v) is 4.02. The van der Waals surface area contributed by atoms with Crippen LogP contribution in [-0.2, 0) is 4.74 Å². The molecule has 2 saturated carbocycles. The van der Waals surface area contributed by atoms with Crippen molar-refractivity contribution >= 4 is 0 Å². The molecule has 0 atom stereocenters. The standard InChI is InChI=1S/C16H26F2O/c1-19-11-13-4-8-15(9-5-13)14-6-2-12(3-7-14)10-16(17)18/h10,12-15H,2-9,11H2,1H3. The molecular weight excluding hydrogens is 246 g/mol. The topological polar surface area (TPSA) is 9.23 Å². The average Bonchev–Trinajstić information content (AvgIpc) is 2.40. The summed E-state index contributed by atoms with van der Waals surface area (Å²) in [5.74, 6) is 2.51. The molecule has 2 aliphatic rings. The maximum absolute atomic E-state index is 12.2. The van der Waals surface area contributed by atoms with Gasteiger partial charge in [0.05, 0.1) is 0 Å². The normalized spacial score (nSPS) is 35.9. The highest BCUT2D eigenvalue weighted by Crippen LogP contribution is 2.41. The van der Waals surface area contributed by atoms with E-state index in [-0.39, 0.29) is 5.92 Å². The van der Waals surface area contributed by atoms with Crippen molar-refractivity contribution in [2.45, 2.75) is 51.4 Å². The number of methoxy groups -OCH3 is 1. The molecule has 2 rings (SSSR count). The van der Waals surface area contributed by atoms with E-state index in [1.807, 2.05) is 0 Å². The quantitative estimate of drug-likeness (QED) is 0.697. The predicted octanol–water partition coefficient (Wildman–Crippen LogP) is 5.03. The highest BCUT2D eigenvalue weighted by molar-refractivity contribution is 4.92. The lowest BCUT2D eigenvalue weighted by atomic mass is 9.69. The minimum Gasteiger partial charge on any atom is -0.384 e. The first-order valence-electron chi connectivity index (χ1n) is 7.70. The number of allylic oxidation sites excluding steroid dienone is 1. The lowest BCUT2D eigenvalue weighted by Crippen LogP contribution is -2.26. The number of halogens is 2. The smallest absolute Gasteiger partial charge is 0.266 e. The first-order chi connectivity index (χ1) is 9.19. The molecule has 0 saturated heterocycles. The molecule has 0 aromatic carbocycles. The van der Waals surface area contributed by atoms with Crippen LogP contribution >= 0.6 is 0 Å². The van der Waals surface area contributed by atoms with Gasteiger partial charge in [-0.3, -0.25) is 0 Å². The summed E-state index contributed by atoms with van der Waals surface area (Å²) >= 11 is 0. The summed E-state index contributed by atoms with van der Waals surface area (Å²) in [7, 11) is 1.78. The van der Waals surface area contributed by atoms with Gasteiger partial charge in [-0.2, -0.15) is 8.78 Å². The van der Waals surface area contributed by atoms with Gasteiger partial charge in [0.15, 0.2) is 0 Å². The summed E-state index contributed by atoms with van der Waals surface area (Å²) in [4.78, 5) is 0. The van der Waals surface area contributed by atoms with Gasteiger partial charge in [0, 0.05) is 13.7 Å². The van der Waals surface area contributed by atoms with E-state index in [1.54, 1.807) is 7.11 Å². The van der Waals surface area contributed by atoms with E-state index >= 15 is 0 Å². The van der Waals surface area contributed by atoms with Crippen molar-refractivity contribution in [1.82, 2.24) is 0 Å². The molecule has 19 heavy (non-hydrogen) atoms. The highest BCUT2D eigenvalue weighted by Gasteiger charge is 2.30. The second-order valence-corrected chi connectivity index (χ2v) is 6.37. The van der Waals surface area contributed by atoms with E-state index in [2.05, 4.69) is 0 Å². The van der Waals surface area contributed by atoms with Crippen LogP contribution < -0.4 is 0 Å². The molecule has 0 unspecified atom stereocenters. The molecular formula is C16H26F2O. The predicted molar refractivity (Wildman–Crippen MR) is 73.1 cm³/mol. The minimum atomic E-state index is -1.50. The van der Waals surface area contributed by atoms with E-state index < -0.39 is 6.08 Å². The summed E-state index contributed by atoms with van der Waals surface area (Å²) in [5.41, 5.74) is 0. The summed E-state index contributed by atoms with van der Waals surface area (Å²) in [6.45, 7) is 0.903. The van der Waals surface area contributed by atoms with Crippen molar-refractivity contribution in [2.75, 3.05) is 13.7 Å². The molecule has 0 aromatic heterocycles. The number of hydrogen-bond donors (Lipinski definition) is 0. The van der Waals surface area contributed by atoms with Crippen LogP contribution in [0.3, 0.4) is 0 Å². The van der Waals surface area contributed by atoms with Crippen molar-refractivity contribution in [2.24, 2.45) is 23.7 Å². The zero-order chi connectivity index (χ0) is 13.7. The zero-order valence-electron chi connectivity index (χ0n) is 11.9. The van der Waals surface area contributed by atoms with Crippen LogP contribution in [-0.4, -0.2) is 13.7 Å². The SMILES string of the molecule is COCC1CCC(C2CCC(C=C(F)F)CC2)CC1. The average molecular weight is 272 g/mol. The largest absolute Gasteiger partial charge is 0.384 e. The molecule has 0 amide bonds. The van der Waals surface area contributed by atoms with Crippen LogP contribution in [0, 0.1) is 23.7 Å². The molecule has 0 aliphatic heterocycles. The number of ether oxygens (including phenoxy) is 1. The van der Waals surface area contributed by atoms with Gasteiger partial charge in [-0.15, -0.1) is 0 Å². The summed E-state index contributed by atoms with van der Waals surface area (Å²) in [5, 5.41) is 0. The van der Waals surface area contributed by atoms with Crippen molar-refractivity contribution in [3.8, 4) is 0 Å². The van der Waals surface area contributed by atoms with Crippen LogP contribution in [0.4, 0.5) is 8.78 Å². The lowest BCUT2D eigenvalue weighted by Gasteiger charge is -2.37. The molecule has 0 radical (unpaired) electrons. The van der Waals surface area contributed by atoms with Crippen LogP contribution in [0.1, 0.15) is 51.4 Å². The van der Waals surface area contributed by atoms with Gasteiger partial charge in [0.2, 0.25) is 0 Å². The van der Waals surface area contributed by atoms with Crippen LogP contribution in [0.15, 0.2) is 12.2 Å². The van der Waals surface area contributed by atoms with Gasteiger partial charge < -0.3 is 4.74 Å². The maximum atomic E-state index is 12.2. The molecule has 3 heteroatoms. The van der Waals surface area contributed by atoms with Crippen molar-refractivity contribution in [1.29, 1.82) is 0 Å². The monoisotopic (exact) mass is 272 g/mol. The Balaban J connectivity index is 1.72. The molecule has 0 heterocycles. The Labute approximate surface area is 115 Å². The Morgan fingerprint density at radius 3 is 1.95 bits per heavy atom. The van der Waals surface area contributed by atoms with Gasteiger partial charge in [-0.25, -0.2) is 0 Å².